The molecule has 0 saturated carbocycles. The van der Waals surface area contributed by atoms with Crippen molar-refractivity contribution in [1.82, 2.24) is 0 Å². The first-order chi connectivity index (χ1) is 12.0. The Morgan fingerprint density at radius 3 is 1.26 bits per heavy atom. The fraction of sp³-hybridized carbons (Fsp3) is 0.692. The minimum atomic E-state index is 0. The van der Waals surface area contributed by atoms with E-state index in [1.54, 1.807) is 0 Å². The molecule has 1 rings (SSSR count). The standard InChI is InChI=1S/C9H12.C9H20.C4H11N.C2H6.C2H4/c1-7-4-5-8(2)9(3)6-7;1-7-9(5,6)8(2,3)4;1-4(2,3)5;2*1-2/h4-6H,1-3H3;7H2,1-6H3;5H2,1-3H3;1-2H3;1-2H2. The Morgan fingerprint density at radius 2 is 1.11 bits per heavy atom. The Labute approximate surface area is 173 Å². The first kappa shape index (κ1) is 33.5. The van der Waals surface area contributed by atoms with Gasteiger partial charge in [0.15, 0.2) is 0 Å². The number of aryl methyl sites for hydroxylation is 3. The van der Waals surface area contributed by atoms with Crippen LogP contribution in [0.2, 0.25) is 0 Å². The van der Waals surface area contributed by atoms with Gasteiger partial charge in [0.25, 0.3) is 0 Å². The maximum atomic E-state index is 5.35. The van der Waals surface area contributed by atoms with Crippen LogP contribution in [0.5, 0.6) is 0 Å². The lowest BCUT2D eigenvalue weighted by Gasteiger charge is -2.37. The van der Waals surface area contributed by atoms with Crippen LogP contribution in [-0.2, 0) is 0 Å². The summed E-state index contributed by atoms with van der Waals surface area (Å²) in [6.45, 7) is 36.1. The van der Waals surface area contributed by atoms with Crippen LogP contribution < -0.4 is 5.73 Å². The van der Waals surface area contributed by atoms with Crippen molar-refractivity contribution in [2.75, 3.05) is 0 Å². The van der Waals surface area contributed by atoms with Gasteiger partial charge in [-0.3, -0.25) is 0 Å². The van der Waals surface area contributed by atoms with E-state index in [9.17, 15) is 0 Å². The Bertz CT molecular complexity index is 450. The van der Waals surface area contributed by atoms with Crippen molar-refractivity contribution in [1.29, 1.82) is 0 Å². The molecule has 1 heteroatoms. The van der Waals surface area contributed by atoms with Crippen molar-refractivity contribution in [3.05, 3.63) is 48.0 Å². The van der Waals surface area contributed by atoms with Crippen molar-refractivity contribution in [2.24, 2.45) is 16.6 Å². The van der Waals surface area contributed by atoms with Crippen LogP contribution in [0, 0.1) is 31.6 Å². The van der Waals surface area contributed by atoms with E-state index in [4.69, 9.17) is 5.73 Å². The summed E-state index contributed by atoms with van der Waals surface area (Å²) in [5, 5.41) is 0. The molecule has 27 heavy (non-hydrogen) atoms. The van der Waals surface area contributed by atoms with Crippen LogP contribution >= 0.6 is 0 Å². The van der Waals surface area contributed by atoms with Gasteiger partial charge in [-0.05, 0) is 63.5 Å². The highest BCUT2D eigenvalue weighted by Gasteiger charge is 2.30. The van der Waals surface area contributed by atoms with E-state index in [1.165, 1.54) is 23.1 Å². The molecule has 0 saturated heterocycles. The maximum Gasteiger partial charge on any atom is 0.00686 e. The molecule has 0 unspecified atom stereocenters. The minimum Gasteiger partial charge on any atom is -0.326 e. The molecule has 0 heterocycles. The molecule has 0 radical (unpaired) electrons. The van der Waals surface area contributed by atoms with Gasteiger partial charge >= 0.3 is 0 Å². The third-order valence-corrected chi connectivity index (χ3v) is 4.58. The van der Waals surface area contributed by atoms with Crippen LogP contribution in [-0.4, -0.2) is 5.54 Å². The summed E-state index contributed by atoms with van der Waals surface area (Å²) >= 11 is 0. The minimum absolute atomic E-state index is 0. The number of rotatable bonds is 1. The lowest BCUT2D eigenvalue weighted by Crippen LogP contribution is -2.28. The van der Waals surface area contributed by atoms with Gasteiger partial charge in [-0.2, -0.15) is 0 Å². The number of hydrogen-bond donors (Lipinski definition) is 1. The lowest BCUT2D eigenvalue weighted by atomic mass is 9.68. The van der Waals surface area contributed by atoms with Crippen LogP contribution in [0.25, 0.3) is 0 Å². The zero-order valence-electron chi connectivity index (χ0n) is 21.4. The molecule has 1 aromatic rings. The molecule has 2 N–H and O–H groups in total. The third-order valence-electron chi connectivity index (χ3n) is 4.58. The molecule has 0 amide bonds. The topological polar surface area (TPSA) is 26.0 Å². The summed E-state index contributed by atoms with van der Waals surface area (Å²) in [4.78, 5) is 0. The highest BCUT2D eigenvalue weighted by molar-refractivity contribution is 5.28. The number of benzene rings is 1. The Morgan fingerprint density at radius 1 is 0.778 bits per heavy atom. The van der Waals surface area contributed by atoms with E-state index in [0.29, 0.717) is 10.8 Å². The fourth-order valence-corrected chi connectivity index (χ4v) is 1.42. The molecule has 0 atom stereocenters. The molecular formula is C26H53N. The smallest absolute Gasteiger partial charge is 0.00686 e. The summed E-state index contributed by atoms with van der Waals surface area (Å²) in [6, 6.07) is 6.50. The monoisotopic (exact) mass is 379 g/mol. The number of hydrogen-bond acceptors (Lipinski definition) is 1. The molecular weight excluding hydrogens is 326 g/mol. The maximum absolute atomic E-state index is 5.35. The molecule has 0 aliphatic rings. The van der Waals surface area contributed by atoms with Gasteiger partial charge < -0.3 is 5.73 Å². The molecule has 162 valence electrons. The van der Waals surface area contributed by atoms with E-state index in [-0.39, 0.29) is 5.54 Å². The van der Waals surface area contributed by atoms with Crippen LogP contribution in [0.15, 0.2) is 31.4 Å². The molecule has 0 aliphatic heterocycles. The summed E-state index contributed by atoms with van der Waals surface area (Å²) < 4.78 is 0. The summed E-state index contributed by atoms with van der Waals surface area (Å²) in [5.74, 6) is 0. The van der Waals surface area contributed by atoms with Crippen molar-refractivity contribution in [3.8, 4) is 0 Å². The van der Waals surface area contributed by atoms with Gasteiger partial charge in [0.05, 0.1) is 0 Å². The normalized spacial score (nSPS) is 10.5. The van der Waals surface area contributed by atoms with Crippen LogP contribution in [0.1, 0.15) is 99.3 Å². The predicted octanol–water partition coefficient (Wildman–Crippen LogP) is 8.65. The van der Waals surface area contributed by atoms with Crippen molar-refractivity contribution in [3.63, 3.8) is 0 Å². The zero-order chi connectivity index (χ0) is 23.1. The molecule has 0 aromatic heterocycles. The Hall–Kier alpha value is -1.08. The zero-order valence-corrected chi connectivity index (χ0v) is 21.4. The molecule has 0 bridgehead atoms. The van der Waals surface area contributed by atoms with Gasteiger partial charge in [-0.15, -0.1) is 13.2 Å². The molecule has 0 spiro atoms. The second kappa shape index (κ2) is 15.9. The molecule has 1 nitrogen and oxygen atoms in total. The fourth-order valence-electron chi connectivity index (χ4n) is 1.42. The van der Waals surface area contributed by atoms with E-state index in [2.05, 4.69) is 93.7 Å². The summed E-state index contributed by atoms with van der Waals surface area (Å²) in [5.41, 5.74) is 10.4. The summed E-state index contributed by atoms with van der Waals surface area (Å²) in [6.07, 6.45) is 1.26. The van der Waals surface area contributed by atoms with Crippen LogP contribution in [0.3, 0.4) is 0 Å². The summed E-state index contributed by atoms with van der Waals surface area (Å²) in [7, 11) is 0. The van der Waals surface area contributed by atoms with E-state index in [1.807, 2.05) is 34.6 Å². The molecule has 0 fully saturated rings. The second-order valence-corrected chi connectivity index (χ2v) is 9.44. The quantitative estimate of drug-likeness (QED) is 0.485. The number of nitrogens with two attached hydrogens (primary N) is 1. The Balaban J connectivity index is -0.000000139. The van der Waals surface area contributed by atoms with E-state index in [0.717, 1.165) is 0 Å². The average molecular weight is 380 g/mol. The molecule has 1 aromatic carbocycles. The van der Waals surface area contributed by atoms with E-state index >= 15 is 0 Å². The highest BCUT2D eigenvalue weighted by atomic mass is 14.7. The van der Waals surface area contributed by atoms with Crippen LogP contribution in [0.4, 0.5) is 0 Å². The van der Waals surface area contributed by atoms with Gasteiger partial charge in [-0.25, -0.2) is 0 Å². The highest BCUT2D eigenvalue weighted by Crippen LogP contribution is 2.40. The lowest BCUT2D eigenvalue weighted by molar-refractivity contribution is 0.126. The van der Waals surface area contributed by atoms with Gasteiger partial charge in [0.1, 0.15) is 0 Å². The van der Waals surface area contributed by atoms with Gasteiger partial charge in [0.2, 0.25) is 0 Å². The van der Waals surface area contributed by atoms with E-state index < -0.39 is 0 Å². The van der Waals surface area contributed by atoms with Crippen molar-refractivity contribution in [2.45, 2.75) is 109 Å². The third kappa shape index (κ3) is 22.9. The molecule has 0 aliphatic carbocycles. The Kier molecular flexibility index (Phi) is 19.8. The SMILES string of the molecule is C=C.CC.CC(C)(C)N.CCC(C)(C)C(C)(C)C.Cc1ccc(C)c(C)c1. The predicted molar refractivity (Wildman–Crippen MR) is 131 cm³/mol. The van der Waals surface area contributed by atoms with Gasteiger partial charge in [-0.1, -0.05) is 85.6 Å². The largest absolute Gasteiger partial charge is 0.326 e. The van der Waals surface area contributed by atoms with Crippen molar-refractivity contribution >= 4 is 0 Å². The second-order valence-electron chi connectivity index (χ2n) is 9.44. The first-order valence-electron chi connectivity index (χ1n) is 10.3. The average Bonchev–Trinajstić information content (AvgIpc) is 2.53. The van der Waals surface area contributed by atoms with Gasteiger partial charge in [0, 0.05) is 5.54 Å². The van der Waals surface area contributed by atoms with Crippen molar-refractivity contribution < 1.29 is 0 Å². The first-order valence-corrected chi connectivity index (χ1v) is 10.3.